The number of anilines is 1. The van der Waals surface area contributed by atoms with Crippen LogP contribution in [0.3, 0.4) is 0 Å². The fraction of sp³-hybridized carbons (Fsp3) is 0.133. The lowest BCUT2D eigenvalue weighted by Gasteiger charge is -2.08. The maximum atomic E-state index is 11.9. The molecule has 0 amide bonds. The van der Waals surface area contributed by atoms with Gasteiger partial charge in [0.1, 0.15) is 5.76 Å². The van der Waals surface area contributed by atoms with E-state index in [0.717, 1.165) is 11.4 Å². The standard InChI is InChI=1S/C15H14ClNO2/c1-10(17-13-6-4-12(16)5-7-13)9-14(18)15-8-3-11(2)19-15/h3-8,17H,1,9H2,2H3. The Bertz CT molecular complexity index is 599. The molecule has 0 atom stereocenters. The van der Waals surface area contributed by atoms with Crippen LogP contribution in [0.1, 0.15) is 22.7 Å². The first-order chi connectivity index (χ1) is 9.04. The molecule has 0 aliphatic carbocycles. The third-order valence-corrected chi connectivity index (χ3v) is 2.81. The van der Waals surface area contributed by atoms with Gasteiger partial charge >= 0.3 is 0 Å². The second-order valence-corrected chi connectivity index (χ2v) is 4.68. The number of nitrogens with one attached hydrogen (secondary N) is 1. The molecule has 0 spiro atoms. The Hall–Kier alpha value is -2.00. The normalized spacial score (nSPS) is 10.2. The van der Waals surface area contributed by atoms with Crippen LogP contribution in [0.15, 0.2) is 53.1 Å². The molecule has 2 rings (SSSR count). The van der Waals surface area contributed by atoms with E-state index in [1.807, 2.05) is 12.1 Å². The van der Waals surface area contributed by atoms with Crippen LogP contribution in [0.4, 0.5) is 5.69 Å². The van der Waals surface area contributed by atoms with Gasteiger partial charge in [0.2, 0.25) is 5.78 Å². The van der Waals surface area contributed by atoms with Gasteiger partial charge in [0.25, 0.3) is 0 Å². The number of aryl methyl sites for hydroxylation is 1. The summed E-state index contributed by atoms with van der Waals surface area (Å²) in [5, 5.41) is 3.73. The molecule has 1 heterocycles. The lowest BCUT2D eigenvalue weighted by atomic mass is 10.2. The third kappa shape index (κ3) is 3.73. The zero-order valence-corrected chi connectivity index (χ0v) is 11.3. The number of hydrogen-bond donors (Lipinski definition) is 1. The second kappa shape index (κ2) is 5.76. The van der Waals surface area contributed by atoms with E-state index in [0.29, 0.717) is 16.5 Å². The first kappa shape index (κ1) is 13.4. The van der Waals surface area contributed by atoms with Crippen molar-refractivity contribution in [2.75, 3.05) is 5.32 Å². The van der Waals surface area contributed by atoms with Gasteiger partial charge in [-0.05, 0) is 43.3 Å². The highest BCUT2D eigenvalue weighted by Gasteiger charge is 2.11. The molecule has 0 aliphatic rings. The van der Waals surface area contributed by atoms with Crippen molar-refractivity contribution in [1.82, 2.24) is 0 Å². The van der Waals surface area contributed by atoms with Crippen LogP contribution in [0.2, 0.25) is 5.02 Å². The zero-order chi connectivity index (χ0) is 13.8. The number of rotatable bonds is 5. The molecular weight excluding hydrogens is 262 g/mol. The summed E-state index contributed by atoms with van der Waals surface area (Å²) in [5.74, 6) is 0.982. The summed E-state index contributed by atoms with van der Waals surface area (Å²) in [6.07, 6.45) is 0.190. The fourth-order valence-electron chi connectivity index (χ4n) is 1.65. The molecule has 3 nitrogen and oxygen atoms in total. The maximum Gasteiger partial charge on any atom is 0.203 e. The minimum Gasteiger partial charge on any atom is -0.458 e. The van der Waals surface area contributed by atoms with Crippen molar-refractivity contribution in [2.24, 2.45) is 0 Å². The Morgan fingerprint density at radius 1 is 1.26 bits per heavy atom. The molecule has 1 aromatic heterocycles. The Morgan fingerprint density at radius 2 is 1.95 bits per heavy atom. The van der Waals surface area contributed by atoms with E-state index in [1.165, 1.54) is 0 Å². The van der Waals surface area contributed by atoms with Crippen molar-refractivity contribution in [3.63, 3.8) is 0 Å². The van der Waals surface area contributed by atoms with E-state index in [-0.39, 0.29) is 12.2 Å². The van der Waals surface area contributed by atoms with Crippen LogP contribution < -0.4 is 5.32 Å². The quantitative estimate of drug-likeness (QED) is 0.820. The molecule has 0 saturated heterocycles. The lowest BCUT2D eigenvalue weighted by Crippen LogP contribution is -2.05. The zero-order valence-electron chi connectivity index (χ0n) is 10.6. The van der Waals surface area contributed by atoms with Crippen molar-refractivity contribution in [2.45, 2.75) is 13.3 Å². The van der Waals surface area contributed by atoms with Gasteiger partial charge in [0.15, 0.2) is 5.76 Å². The lowest BCUT2D eigenvalue weighted by molar-refractivity contribution is 0.0965. The number of Topliss-reactive ketones (excluding diaryl/α,β-unsaturated/α-hetero) is 1. The predicted molar refractivity (Wildman–Crippen MR) is 76.6 cm³/mol. The number of furan rings is 1. The summed E-state index contributed by atoms with van der Waals surface area (Å²) in [6.45, 7) is 5.64. The molecule has 19 heavy (non-hydrogen) atoms. The Balaban J connectivity index is 1.94. The van der Waals surface area contributed by atoms with Gasteiger partial charge < -0.3 is 9.73 Å². The highest BCUT2D eigenvalue weighted by atomic mass is 35.5. The summed E-state index contributed by atoms with van der Waals surface area (Å²) in [5.41, 5.74) is 1.46. The first-order valence-electron chi connectivity index (χ1n) is 5.84. The van der Waals surface area contributed by atoms with Crippen LogP contribution in [-0.2, 0) is 0 Å². The van der Waals surface area contributed by atoms with Gasteiger partial charge in [-0.3, -0.25) is 4.79 Å². The van der Waals surface area contributed by atoms with Crippen molar-refractivity contribution < 1.29 is 9.21 Å². The molecule has 1 N–H and O–H groups in total. The number of benzene rings is 1. The van der Waals surface area contributed by atoms with Crippen molar-refractivity contribution in [3.05, 3.63) is 65.2 Å². The summed E-state index contributed by atoms with van der Waals surface area (Å²) in [6, 6.07) is 10.6. The average molecular weight is 276 g/mol. The number of hydrogen-bond acceptors (Lipinski definition) is 3. The Kier molecular flexibility index (Phi) is 4.07. The number of allylic oxidation sites excluding steroid dienone is 1. The number of carbonyl (C=O) groups excluding carboxylic acids is 1. The molecule has 0 bridgehead atoms. The van der Waals surface area contributed by atoms with Gasteiger partial charge in [-0.1, -0.05) is 18.2 Å². The van der Waals surface area contributed by atoms with Crippen LogP contribution in [0.25, 0.3) is 0 Å². The smallest absolute Gasteiger partial charge is 0.203 e. The molecule has 1 aromatic carbocycles. The topological polar surface area (TPSA) is 42.2 Å². The third-order valence-electron chi connectivity index (χ3n) is 2.55. The molecule has 2 aromatic rings. The first-order valence-corrected chi connectivity index (χ1v) is 6.22. The number of ketones is 1. The SMILES string of the molecule is C=C(CC(=O)c1ccc(C)o1)Nc1ccc(Cl)cc1. The Labute approximate surface area is 116 Å². The molecule has 0 unspecified atom stereocenters. The molecular formula is C15H14ClNO2. The van der Waals surface area contributed by atoms with E-state index >= 15 is 0 Å². The van der Waals surface area contributed by atoms with Crippen LogP contribution in [-0.4, -0.2) is 5.78 Å². The van der Waals surface area contributed by atoms with Gasteiger partial charge in [0.05, 0.1) is 6.42 Å². The molecule has 0 saturated carbocycles. The minimum absolute atomic E-state index is 0.0976. The van der Waals surface area contributed by atoms with E-state index < -0.39 is 0 Å². The summed E-state index contributed by atoms with van der Waals surface area (Å²) >= 11 is 5.80. The van der Waals surface area contributed by atoms with E-state index in [2.05, 4.69) is 11.9 Å². The highest BCUT2D eigenvalue weighted by molar-refractivity contribution is 6.30. The van der Waals surface area contributed by atoms with E-state index in [9.17, 15) is 4.79 Å². The van der Waals surface area contributed by atoms with Crippen LogP contribution in [0, 0.1) is 6.92 Å². The van der Waals surface area contributed by atoms with Crippen LogP contribution >= 0.6 is 11.6 Å². The van der Waals surface area contributed by atoms with Crippen molar-refractivity contribution in [1.29, 1.82) is 0 Å². The predicted octanol–water partition coefficient (Wildman–Crippen LogP) is 4.44. The highest BCUT2D eigenvalue weighted by Crippen LogP contribution is 2.17. The molecule has 0 aliphatic heterocycles. The minimum atomic E-state index is -0.0976. The maximum absolute atomic E-state index is 11.9. The molecule has 98 valence electrons. The summed E-state index contributed by atoms with van der Waals surface area (Å²) < 4.78 is 5.28. The van der Waals surface area contributed by atoms with E-state index in [1.54, 1.807) is 31.2 Å². The van der Waals surface area contributed by atoms with Crippen LogP contribution in [0.5, 0.6) is 0 Å². The number of carbonyl (C=O) groups is 1. The van der Waals surface area contributed by atoms with Gasteiger partial charge in [-0.15, -0.1) is 0 Å². The summed E-state index contributed by atoms with van der Waals surface area (Å²) in [4.78, 5) is 11.9. The largest absolute Gasteiger partial charge is 0.458 e. The average Bonchev–Trinajstić information content (AvgIpc) is 2.79. The summed E-state index contributed by atoms with van der Waals surface area (Å²) in [7, 11) is 0. The number of halogens is 1. The van der Waals surface area contributed by atoms with E-state index in [4.69, 9.17) is 16.0 Å². The molecule has 0 fully saturated rings. The molecule has 0 radical (unpaired) electrons. The fourth-order valence-corrected chi connectivity index (χ4v) is 1.77. The van der Waals surface area contributed by atoms with Gasteiger partial charge in [-0.2, -0.15) is 0 Å². The van der Waals surface area contributed by atoms with Crippen molar-refractivity contribution >= 4 is 23.1 Å². The van der Waals surface area contributed by atoms with Gasteiger partial charge in [-0.25, -0.2) is 0 Å². The monoisotopic (exact) mass is 275 g/mol. The Morgan fingerprint density at radius 3 is 2.53 bits per heavy atom. The molecule has 4 heteroatoms. The van der Waals surface area contributed by atoms with Gasteiger partial charge in [0, 0.05) is 16.4 Å². The van der Waals surface area contributed by atoms with Crippen molar-refractivity contribution in [3.8, 4) is 0 Å². The second-order valence-electron chi connectivity index (χ2n) is 4.25.